The highest BCUT2D eigenvalue weighted by Crippen LogP contribution is 2.13. The van der Waals surface area contributed by atoms with Gasteiger partial charge in [0.2, 0.25) is 0 Å². The maximum Gasteiger partial charge on any atom is 0.162 e. The van der Waals surface area contributed by atoms with Gasteiger partial charge in [0, 0.05) is 0 Å². The largest absolute Gasteiger partial charge is 0.316 e. The van der Waals surface area contributed by atoms with Crippen molar-refractivity contribution in [2.75, 3.05) is 13.1 Å². The zero-order valence-electron chi connectivity index (χ0n) is 10.6. The summed E-state index contributed by atoms with van der Waals surface area (Å²) in [6, 6.07) is 4.37. The fourth-order valence-electron chi connectivity index (χ4n) is 1.70. The van der Waals surface area contributed by atoms with E-state index in [1.165, 1.54) is 0 Å². The van der Waals surface area contributed by atoms with Gasteiger partial charge in [0.15, 0.2) is 11.6 Å². The number of nitrogens with one attached hydrogen (secondary N) is 1. The number of unbranched alkanes of at least 4 members (excludes halogenated alkanes) is 1. The summed E-state index contributed by atoms with van der Waals surface area (Å²) >= 11 is 0. The quantitative estimate of drug-likeness (QED) is 0.720. The first-order valence-electron chi connectivity index (χ1n) is 6.25. The first-order valence-corrected chi connectivity index (χ1v) is 6.25. The van der Waals surface area contributed by atoms with Crippen molar-refractivity contribution in [3.8, 4) is 0 Å². The van der Waals surface area contributed by atoms with E-state index >= 15 is 0 Å². The van der Waals surface area contributed by atoms with Crippen LogP contribution in [0.15, 0.2) is 18.2 Å². The Bertz CT molecular complexity index is 337. The summed E-state index contributed by atoms with van der Waals surface area (Å²) in [4.78, 5) is 0. The molecule has 0 radical (unpaired) electrons. The lowest BCUT2D eigenvalue weighted by Gasteiger charge is -2.07. The Hall–Kier alpha value is -0.960. The number of aryl methyl sites for hydroxylation is 1. The van der Waals surface area contributed by atoms with Gasteiger partial charge in [-0.25, -0.2) is 8.78 Å². The van der Waals surface area contributed by atoms with Crippen molar-refractivity contribution < 1.29 is 8.78 Å². The average molecular weight is 241 g/mol. The van der Waals surface area contributed by atoms with Crippen LogP contribution in [-0.4, -0.2) is 13.1 Å². The van der Waals surface area contributed by atoms with Crippen LogP contribution in [0.25, 0.3) is 0 Å². The molecule has 17 heavy (non-hydrogen) atoms. The van der Waals surface area contributed by atoms with Crippen molar-refractivity contribution in [1.29, 1.82) is 0 Å². The lowest BCUT2D eigenvalue weighted by atomic mass is 10.1. The van der Waals surface area contributed by atoms with E-state index in [1.54, 1.807) is 12.1 Å². The van der Waals surface area contributed by atoms with Gasteiger partial charge in [-0.3, -0.25) is 0 Å². The molecule has 3 heteroatoms. The van der Waals surface area contributed by atoms with Crippen LogP contribution < -0.4 is 5.32 Å². The third kappa shape index (κ3) is 5.26. The summed E-state index contributed by atoms with van der Waals surface area (Å²) in [6.45, 7) is 6.27. The lowest BCUT2D eigenvalue weighted by Crippen LogP contribution is -2.20. The van der Waals surface area contributed by atoms with Gasteiger partial charge >= 0.3 is 0 Å². The first-order chi connectivity index (χ1) is 8.11. The van der Waals surface area contributed by atoms with E-state index in [-0.39, 0.29) is 0 Å². The Balaban J connectivity index is 2.20. The molecule has 1 N–H and O–H groups in total. The fourth-order valence-corrected chi connectivity index (χ4v) is 1.70. The predicted molar refractivity (Wildman–Crippen MR) is 67.0 cm³/mol. The van der Waals surface area contributed by atoms with E-state index < -0.39 is 11.6 Å². The van der Waals surface area contributed by atoms with Crippen LogP contribution in [0.5, 0.6) is 0 Å². The molecule has 0 aliphatic rings. The van der Waals surface area contributed by atoms with Gasteiger partial charge in [-0.1, -0.05) is 26.0 Å². The molecule has 0 heterocycles. The smallest absolute Gasteiger partial charge is 0.162 e. The van der Waals surface area contributed by atoms with Gasteiger partial charge in [-0.2, -0.15) is 0 Å². The van der Waals surface area contributed by atoms with Gasteiger partial charge in [0.25, 0.3) is 0 Å². The van der Waals surface area contributed by atoms with Crippen molar-refractivity contribution in [2.24, 2.45) is 5.92 Å². The summed E-state index contributed by atoms with van der Waals surface area (Å²) in [7, 11) is 0. The fraction of sp³-hybridized carbons (Fsp3) is 0.571. The third-order valence-corrected chi connectivity index (χ3v) is 2.63. The Labute approximate surface area is 102 Å². The highest BCUT2D eigenvalue weighted by atomic mass is 19.2. The topological polar surface area (TPSA) is 12.0 Å². The SMILES string of the molecule is CC(C)CNCCCCc1cccc(F)c1F. The maximum atomic E-state index is 13.3. The number of hydrogen-bond acceptors (Lipinski definition) is 1. The molecule has 0 atom stereocenters. The third-order valence-electron chi connectivity index (χ3n) is 2.63. The maximum absolute atomic E-state index is 13.3. The second kappa shape index (κ2) is 7.38. The molecule has 1 aromatic carbocycles. The van der Waals surface area contributed by atoms with E-state index in [0.29, 0.717) is 17.9 Å². The van der Waals surface area contributed by atoms with E-state index in [2.05, 4.69) is 19.2 Å². The van der Waals surface area contributed by atoms with Crippen LogP contribution >= 0.6 is 0 Å². The van der Waals surface area contributed by atoms with Gasteiger partial charge < -0.3 is 5.32 Å². The molecule has 0 spiro atoms. The Morgan fingerprint density at radius 1 is 1.18 bits per heavy atom. The molecule has 0 amide bonds. The molecule has 1 aromatic rings. The summed E-state index contributed by atoms with van der Waals surface area (Å²) in [5, 5.41) is 3.33. The van der Waals surface area contributed by atoms with Crippen molar-refractivity contribution in [3.63, 3.8) is 0 Å². The van der Waals surface area contributed by atoms with Crippen LogP contribution in [0, 0.1) is 17.6 Å². The molecule has 0 unspecified atom stereocenters. The highest BCUT2D eigenvalue weighted by Gasteiger charge is 2.06. The molecule has 96 valence electrons. The summed E-state index contributed by atoms with van der Waals surface area (Å²) in [6.07, 6.45) is 2.47. The van der Waals surface area contributed by atoms with Gasteiger partial charge in [0.05, 0.1) is 0 Å². The van der Waals surface area contributed by atoms with Crippen LogP contribution in [0.2, 0.25) is 0 Å². The number of benzene rings is 1. The van der Waals surface area contributed by atoms with Gasteiger partial charge in [-0.05, 0) is 49.9 Å². The molecule has 0 saturated carbocycles. The number of halogens is 2. The van der Waals surface area contributed by atoms with Crippen molar-refractivity contribution in [1.82, 2.24) is 5.32 Å². The minimum atomic E-state index is -0.750. The minimum Gasteiger partial charge on any atom is -0.316 e. The van der Waals surface area contributed by atoms with Crippen molar-refractivity contribution in [3.05, 3.63) is 35.4 Å². The molecule has 0 fully saturated rings. The van der Waals surface area contributed by atoms with E-state index in [1.807, 2.05) is 0 Å². The second-order valence-corrected chi connectivity index (χ2v) is 4.77. The summed E-state index contributed by atoms with van der Waals surface area (Å²) in [5.41, 5.74) is 0.480. The van der Waals surface area contributed by atoms with Crippen LogP contribution in [0.1, 0.15) is 32.3 Å². The monoisotopic (exact) mass is 241 g/mol. The van der Waals surface area contributed by atoms with Gasteiger partial charge in [0.1, 0.15) is 0 Å². The first kappa shape index (κ1) is 14.1. The minimum absolute atomic E-state index is 0.480. The zero-order valence-corrected chi connectivity index (χ0v) is 10.6. The van der Waals surface area contributed by atoms with E-state index in [9.17, 15) is 8.78 Å². The highest BCUT2D eigenvalue weighted by molar-refractivity contribution is 5.18. The normalized spacial score (nSPS) is 11.1. The molecule has 0 aromatic heterocycles. The van der Waals surface area contributed by atoms with Crippen LogP contribution in [0.4, 0.5) is 8.78 Å². The molecule has 0 bridgehead atoms. The molecule has 0 aliphatic carbocycles. The standard InChI is InChI=1S/C14H21F2N/c1-11(2)10-17-9-4-3-6-12-7-5-8-13(15)14(12)16/h5,7-8,11,17H,3-4,6,9-10H2,1-2H3. The second-order valence-electron chi connectivity index (χ2n) is 4.77. The molecular weight excluding hydrogens is 220 g/mol. The zero-order chi connectivity index (χ0) is 12.7. The van der Waals surface area contributed by atoms with Gasteiger partial charge in [-0.15, -0.1) is 0 Å². The lowest BCUT2D eigenvalue weighted by molar-refractivity contribution is 0.493. The average Bonchev–Trinajstić information content (AvgIpc) is 2.28. The Morgan fingerprint density at radius 3 is 2.65 bits per heavy atom. The molecule has 1 rings (SSSR count). The summed E-state index contributed by atoms with van der Waals surface area (Å²) in [5.74, 6) is -0.793. The van der Waals surface area contributed by atoms with E-state index in [4.69, 9.17) is 0 Å². The molecular formula is C14H21F2N. The van der Waals surface area contributed by atoms with Crippen molar-refractivity contribution >= 4 is 0 Å². The van der Waals surface area contributed by atoms with E-state index in [0.717, 1.165) is 32.0 Å². The molecule has 0 saturated heterocycles. The summed E-state index contributed by atoms with van der Waals surface area (Å²) < 4.78 is 26.2. The predicted octanol–water partition coefficient (Wildman–Crippen LogP) is 3.53. The molecule has 0 aliphatic heterocycles. The Kier molecular flexibility index (Phi) is 6.12. The van der Waals surface area contributed by atoms with Crippen LogP contribution in [-0.2, 0) is 6.42 Å². The van der Waals surface area contributed by atoms with Crippen LogP contribution in [0.3, 0.4) is 0 Å². The number of hydrogen-bond donors (Lipinski definition) is 1. The van der Waals surface area contributed by atoms with Crippen molar-refractivity contribution in [2.45, 2.75) is 33.1 Å². The Morgan fingerprint density at radius 2 is 1.94 bits per heavy atom. The molecule has 1 nitrogen and oxygen atoms in total. The number of rotatable bonds is 7.